The van der Waals surface area contributed by atoms with E-state index < -0.39 is 5.60 Å². The summed E-state index contributed by atoms with van der Waals surface area (Å²) in [5.41, 5.74) is -0.220. The minimum absolute atomic E-state index is 0.221. The molecule has 18 heavy (non-hydrogen) atoms. The molecule has 0 fully saturated rings. The predicted molar refractivity (Wildman–Crippen MR) is 66.3 cm³/mol. The second-order valence-corrected chi connectivity index (χ2v) is 4.43. The molecule has 1 unspecified atom stereocenters. The summed E-state index contributed by atoms with van der Waals surface area (Å²) < 4.78 is 10.4. The molecule has 4 heteroatoms. The Bertz CT molecular complexity index is 430. The van der Waals surface area contributed by atoms with Gasteiger partial charge in [-0.1, -0.05) is 18.2 Å². The van der Waals surface area contributed by atoms with Gasteiger partial charge in [0, 0.05) is 18.4 Å². The molecule has 0 radical (unpaired) electrons. The van der Waals surface area contributed by atoms with Crippen molar-refractivity contribution in [2.45, 2.75) is 31.8 Å². The van der Waals surface area contributed by atoms with E-state index in [-0.39, 0.29) is 12.4 Å². The van der Waals surface area contributed by atoms with Crippen LogP contribution in [0.25, 0.3) is 0 Å². The molecule has 0 bridgehead atoms. The highest BCUT2D eigenvalue weighted by molar-refractivity contribution is 5.69. The number of benzene rings is 1. The smallest absolute Gasteiger partial charge is 0.305 e. The Kier molecular flexibility index (Phi) is 3.87. The maximum atomic E-state index is 11.4. The quantitative estimate of drug-likeness (QED) is 0.830. The Morgan fingerprint density at radius 3 is 3.06 bits per heavy atom. The lowest BCUT2D eigenvalue weighted by atomic mass is 9.84. The third-order valence-corrected chi connectivity index (χ3v) is 3.21. The van der Waals surface area contributed by atoms with Gasteiger partial charge in [0.1, 0.15) is 5.75 Å². The van der Waals surface area contributed by atoms with E-state index in [1.54, 1.807) is 6.92 Å². The van der Waals surface area contributed by atoms with Crippen molar-refractivity contribution in [2.24, 2.45) is 0 Å². The number of carbonyl (C=O) groups is 1. The first-order valence-electron chi connectivity index (χ1n) is 6.26. The van der Waals surface area contributed by atoms with Gasteiger partial charge >= 0.3 is 5.97 Å². The first-order valence-corrected chi connectivity index (χ1v) is 6.26. The van der Waals surface area contributed by atoms with Crippen LogP contribution in [0.3, 0.4) is 0 Å². The van der Waals surface area contributed by atoms with Crippen LogP contribution in [-0.2, 0) is 15.1 Å². The number of ether oxygens (including phenoxy) is 2. The molecule has 4 nitrogen and oxygen atoms in total. The second-order valence-electron chi connectivity index (χ2n) is 4.43. The normalized spacial score (nSPS) is 21.9. The molecular weight excluding hydrogens is 232 g/mol. The monoisotopic (exact) mass is 250 g/mol. The van der Waals surface area contributed by atoms with Gasteiger partial charge in [-0.3, -0.25) is 4.79 Å². The molecule has 0 aliphatic carbocycles. The van der Waals surface area contributed by atoms with Crippen LogP contribution in [0.5, 0.6) is 5.75 Å². The third-order valence-electron chi connectivity index (χ3n) is 3.21. The van der Waals surface area contributed by atoms with Crippen molar-refractivity contribution in [1.29, 1.82) is 0 Å². The van der Waals surface area contributed by atoms with Crippen molar-refractivity contribution in [3.63, 3.8) is 0 Å². The molecule has 0 saturated heterocycles. The number of rotatable bonds is 4. The van der Waals surface area contributed by atoms with Gasteiger partial charge in [-0.25, -0.2) is 0 Å². The number of esters is 1. The minimum Gasteiger partial charge on any atom is -0.493 e. The molecule has 1 aromatic rings. The van der Waals surface area contributed by atoms with Gasteiger partial charge in [-0.2, -0.15) is 0 Å². The van der Waals surface area contributed by atoms with E-state index in [1.807, 2.05) is 24.3 Å². The second kappa shape index (κ2) is 5.40. The summed E-state index contributed by atoms with van der Waals surface area (Å²) in [4.78, 5) is 11.4. The molecule has 1 aromatic carbocycles. The summed E-state index contributed by atoms with van der Waals surface area (Å²) in [5, 5.41) is 10.7. The topological polar surface area (TPSA) is 55.8 Å². The van der Waals surface area contributed by atoms with Crippen molar-refractivity contribution in [3.8, 4) is 5.75 Å². The van der Waals surface area contributed by atoms with Crippen LogP contribution in [0.2, 0.25) is 0 Å². The Balaban J connectivity index is 2.10. The average molecular weight is 250 g/mol. The highest BCUT2D eigenvalue weighted by Gasteiger charge is 2.35. The van der Waals surface area contributed by atoms with E-state index in [1.165, 1.54) is 0 Å². The Labute approximate surface area is 107 Å². The molecule has 1 aliphatic heterocycles. The molecule has 2 rings (SSSR count). The first-order chi connectivity index (χ1) is 8.65. The van der Waals surface area contributed by atoms with Gasteiger partial charge in [0.2, 0.25) is 0 Å². The molecular formula is C14H18O4. The Hall–Kier alpha value is -1.55. The van der Waals surface area contributed by atoms with Crippen LogP contribution in [0, 0.1) is 0 Å². The third kappa shape index (κ3) is 2.64. The Morgan fingerprint density at radius 1 is 1.50 bits per heavy atom. The maximum absolute atomic E-state index is 11.4. The fraction of sp³-hybridized carbons (Fsp3) is 0.500. The summed E-state index contributed by atoms with van der Waals surface area (Å²) in [5.74, 6) is 0.435. The molecule has 1 heterocycles. The maximum Gasteiger partial charge on any atom is 0.305 e. The van der Waals surface area contributed by atoms with Gasteiger partial charge in [0.15, 0.2) is 0 Å². The van der Waals surface area contributed by atoms with E-state index in [0.29, 0.717) is 31.8 Å². The van der Waals surface area contributed by atoms with E-state index >= 15 is 0 Å². The van der Waals surface area contributed by atoms with Gasteiger partial charge < -0.3 is 14.6 Å². The first kappa shape index (κ1) is 12.9. The molecule has 1 atom stereocenters. The summed E-state index contributed by atoms with van der Waals surface area (Å²) in [7, 11) is 0. The van der Waals surface area contributed by atoms with Crippen molar-refractivity contribution in [2.75, 3.05) is 13.2 Å². The lowest BCUT2D eigenvalue weighted by Crippen LogP contribution is -2.33. The molecule has 0 amide bonds. The van der Waals surface area contributed by atoms with Gasteiger partial charge in [0.05, 0.1) is 18.8 Å². The number of para-hydroxylation sites is 1. The zero-order chi connectivity index (χ0) is 13.0. The zero-order valence-corrected chi connectivity index (χ0v) is 10.5. The van der Waals surface area contributed by atoms with E-state index in [0.717, 1.165) is 5.56 Å². The van der Waals surface area contributed by atoms with Crippen LogP contribution >= 0.6 is 0 Å². The van der Waals surface area contributed by atoms with Crippen LogP contribution < -0.4 is 4.74 Å². The van der Waals surface area contributed by atoms with Crippen LogP contribution in [0.1, 0.15) is 31.7 Å². The molecule has 0 aromatic heterocycles. The fourth-order valence-electron chi connectivity index (χ4n) is 2.24. The highest BCUT2D eigenvalue weighted by Crippen LogP contribution is 2.39. The van der Waals surface area contributed by atoms with E-state index in [4.69, 9.17) is 9.47 Å². The van der Waals surface area contributed by atoms with E-state index in [2.05, 4.69) is 0 Å². The SMILES string of the molecule is CCOC(=O)CCC1(O)CCOc2ccccc21. The summed E-state index contributed by atoms with van der Waals surface area (Å²) in [6.45, 7) is 2.61. The van der Waals surface area contributed by atoms with Crippen molar-refractivity contribution < 1.29 is 19.4 Å². The largest absolute Gasteiger partial charge is 0.493 e. The highest BCUT2D eigenvalue weighted by atomic mass is 16.5. The van der Waals surface area contributed by atoms with Crippen LogP contribution in [0.15, 0.2) is 24.3 Å². The number of aliphatic hydroxyl groups is 1. The molecule has 98 valence electrons. The van der Waals surface area contributed by atoms with Crippen molar-refractivity contribution in [3.05, 3.63) is 29.8 Å². The molecule has 1 N–H and O–H groups in total. The number of fused-ring (bicyclic) bond motifs is 1. The van der Waals surface area contributed by atoms with Crippen LogP contribution in [0.4, 0.5) is 0 Å². The lowest BCUT2D eigenvalue weighted by Gasteiger charge is -2.34. The number of hydrogen-bond acceptors (Lipinski definition) is 4. The predicted octanol–water partition coefficient (Wildman–Crippen LogP) is 2.00. The average Bonchev–Trinajstić information content (AvgIpc) is 2.38. The minimum atomic E-state index is -0.985. The molecule has 1 aliphatic rings. The van der Waals surface area contributed by atoms with Crippen LogP contribution in [-0.4, -0.2) is 24.3 Å². The zero-order valence-electron chi connectivity index (χ0n) is 10.5. The number of hydrogen-bond donors (Lipinski definition) is 1. The van der Waals surface area contributed by atoms with Gasteiger partial charge in [-0.15, -0.1) is 0 Å². The van der Waals surface area contributed by atoms with Gasteiger partial charge in [-0.05, 0) is 19.4 Å². The standard InChI is InChI=1S/C14H18O4/c1-2-17-13(15)7-8-14(16)9-10-18-12-6-4-3-5-11(12)14/h3-6,16H,2,7-10H2,1H3. The summed E-state index contributed by atoms with van der Waals surface area (Å²) in [6.07, 6.45) is 1.09. The van der Waals surface area contributed by atoms with Crippen molar-refractivity contribution in [1.82, 2.24) is 0 Å². The lowest BCUT2D eigenvalue weighted by molar-refractivity contribution is -0.145. The van der Waals surface area contributed by atoms with Crippen molar-refractivity contribution >= 4 is 5.97 Å². The van der Waals surface area contributed by atoms with E-state index in [9.17, 15) is 9.90 Å². The molecule has 0 spiro atoms. The summed E-state index contributed by atoms with van der Waals surface area (Å²) in [6, 6.07) is 7.42. The fourth-order valence-corrected chi connectivity index (χ4v) is 2.24. The Morgan fingerprint density at radius 2 is 2.28 bits per heavy atom. The number of carbonyl (C=O) groups excluding carboxylic acids is 1. The van der Waals surface area contributed by atoms with Gasteiger partial charge in [0.25, 0.3) is 0 Å². The molecule has 0 saturated carbocycles. The summed E-state index contributed by atoms with van der Waals surface area (Å²) >= 11 is 0.